The summed E-state index contributed by atoms with van der Waals surface area (Å²) in [7, 11) is 1.09. The highest BCUT2D eigenvalue weighted by Crippen LogP contribution is 2.16. The van der Waals surface area contributed by atoms with Gasteiger partial charge in [-0.15, -0.1) is 0 Å². The van der Waals surface area contributed by atoms with Crippen molar-refractivity contribution < 1.29 is 154 Å². The number of nitrogen functional groups attached to an aromatic ring is 1. The summed E-state index contributed by atoms with van der Waals surface area (Å²) in [6.07, 6.45) is -33.4. The number of nitrogens with one attached hydrogen (secondary N) is 12. The van der Waals surface area contributed by atoms with Crippen LogP contribution in [0.25, 0.3) is 11.2 Å². The van der Waals surface area contributed by atoms with Gasteiger partial charge in [-0.1, -0.05) is 0 Å². The van der Waals surface area contributed by atoms with Gasteiger partial charge in [0.25, 0.3) is 11.5 Å². The first kappa shape index (κ1) is 94.8. The standard InChI is InChI=1S/C63H96N16O32/c1-65-56(104)29(6-12-41(89)67-20-35(83)48(97)51(100)38(86)23-80)73-59(107)32(10-16-45(93)94)76-58(106)31(8-14-43(91)69-22-37(85)50(99)53(102)40(88)25-82)74-60(108)33(11-17-46(95)96)75-57(105)30(7-13-42(90)68-21-36(84)49(98)52(101)39(87)24-81)72-44(92)15-9-34(62(110)111)77-55(103)26-2-4-27(5-3-26)66-18-28-19-70-54-47(71-28)61(109)79-63(64)78-54/h2-5,19,29-40,48-53,66,80-88,97-102H,6-18,20-25H2,1H3,(H,65,104)(H,67,89)(H,68,90)(H,69,91)(H,72,92)(H,73,107)(H,74,108)(H,75,105)(H,76,106)(H,77,103)(H,93,94)(H,95,96)(H,110,111)(H3,64,70,78,79,109)/t29-,30-,31-,32-,33-,34-,35-,36-,37-,38+,39+,40+,48+,49+,50+,51+,52+,53+/m0/s1. The number of likely N-dealkylation sites (N-methyl/N-ethyl adjacent to an activating group) is 1. The SMILES string of the molecule is CNC(=O)[C@H](CCC(=O)NC[C@H](O)[C@@H](O)[C@H](O)[C@H](O)CO)NC(=O)[C@H](CCC(=O)O)NC(=O)[C@H](CCC(=O)NC[C@H](O)[C@@H](O)[C@H](O)[C@H](O)CO)NC(=O)[C@H](CCC(=O)O)NC(=O)[C@H](CCC(=O)NC[C@H](O)[C@@H](O)[C@H](O)[C@H](O)CO)NC(=O)CC[C@H](NC(=O)c1ccc(NCc2cnc3nc(N)[nH]c(=O)c3n2)cc1)C(=O)O. The van der Waals surface area contributed by atoms with E-state index in [0.29, 0.717) is 11.4 Å². The number of amides is 10. The topological polar surface area (TPSA) is 816 Å². The van der Waals surface area contributed by atoms with E-state index < -0.39 is 309 Å². The summed E-state index contributed by atoms with van der Waals surface area (Å²) in [4.78, 5) is 201. The van der Waals surface area contributed by atoms with Gasteiger partial charge < -0.3 is 156 Å². The number of aliphatic hydroxyl groups excluding tert-OH is 15. The van der Waals surface area contributed by atoms with Gasteiger partial charge in [0, 0.05) is 76.5 Å². The molecule has 2 aromatic heterocycles. The zero-order valence-corrected chi connectivity index (χ0v) is 59.4. The normalized spacial score (nSPS) is 16.3. The number of fused-ring (bicyclic) bond motifs is 1. The molecule has 0 radical (unpaired) electrons. The lowest BCUT2D eigenvalue weighted by Crippen LogP contribution is -2.59. The Labute approximate surface area is 628 Å². The first-order valence-electron chi connectivity index (χ1n) is 34.1. The molecule has 1 aromatic carbocycles. The second kappa shape index (κ2) is 47.6. The molecule has 3 rings (SSSR count). The van der Waals surface area contributed by atoms with Gasteiger partial charge in [-0.2, -0.15) is 4.98 Å². The fraction of sp³-hybridized carbons (Fsp3) is 0.603. The Morgan fingerprint density at radius 1 is 0.432 bits per heavy atom. The van der Waals surface area contributed by atoms with Crippen LogP contribution in [0.4, 0.5) is 11.6 Å². The van der Waals surface area contributed by atoms with E-state index >= 15 is 0 Å². The molecule has 3 aromatic rings. The molecule has 48 nitrogen and oxygen atoms in total. The highest BCUT2D eigenvalue weighted by atomic mass is 16.4. The third kappa shape index (κ3) is 32.6. The number of aliphatic hydroxyl groups is 15. The van der Waals surface area contributed by atoms with Crippen molar-refractivity contribution in [2.75, 3.05) is 57.6 Å². The van der Waals surface area contributed by atoms with Crippen LogP contribution in [0.15, 0.2) is 35.3 Å². The number of H-pyrrole nitrogens is 1. The zero-order chi connectivity index (χ0) is 83.5. The summed E-state index contributed by atoms with van der Waals surface area (Å²) in [5, 5.41) is 203. The maximum absolute atomic E-state index is 14.5. The number of hydrogen-bond acceptors (Lipinski definition) is 34. The number of carbonyl (C=O) groups excluding carboxylic acids is 10. The molecule has 0 fully saturated rings. The van der Waals surface area contributed by atoms with E-state index in [9.17, 15) is 149 Å². The number of nitrogens with two attached hydrogens (primary N) is 1. The highest BCUT2D eigenvalue weighted by molar-refractivity contribution is 5.98. The molecule has 10 amide bonds. The van der Waals surface area contributed by atoms with Crippen molar-refractivity contribution in [1.82, 2.24) is 73.1 Å². The molecule has 0 saturated carbocycles. The van der Waals surface area contributed by atoms with Crippen LogP contribution < -0.4 is 69.8 Å². The molecule has 111 heavy (non-hydrogen) atoms. The Morgan fingerprint density at radius 3 is 1.14 bits per heavy atom. The van der Waals surface area contributed by atoms with E-state index in [0.717, 1.165) is 7.05 Å². The van der Waals surface area contributed by atoms with Gasteiger partial charge in [-0.05, 0) is 62.8 Å². The third-order valence-corrected chi connectivity index (χ3v) is 16.6. The molecule has 32 N–H and O–H groups in total. The maximum atomic E-state index is 14.5. The molecule has 18 atom stereocenters. The number of rotatable bonds is 52. The van der Waals surface area contributed by atoms with Crippen LogP contribution in [0.3, 0.4) is 0 Å². The smallest absolute Gasteiger partial charge is 0.326 e. The number of anilines is 2. The van der Waals surface area contributed by atoms with Crippen LogP contribution in [0.2, 0.25) is 0 Å². The molecule has 0 saturated heterocycles. The van der Waals surface area contributed by atoms with Crippen molar-refractivity contribution >= 4 is 99.8 Å². The maximum Gasteiger partial charge on any atom is 0.326 e. The molecule has 0 unspecified atom stereocenters. The van der Waals surface area contributed by atoms with Crippen molar-refractivity contribution in [1.29, 1.82) is 0 Å². The third-order valence-electron chi connectivity index (χ3n) is 16.6. The highest BCUT2D eigenvalue weighted by Gasteiger charge is 2.37. The number of aromatic nitrogens is 4. The number of aromatic amines is 1. The van der Waals surface area contributed by atoms with Crippen LogP contribution in [-0.2, 0) is 64.1 Å². The molecule has 0 aliphatic rings. The number of benzene rings is 1. The van der Waals surface area contributed by atoms with Crippen LogP contribution in [0.5, 0.6) is 0 Å². The van der Waals surface area contributed by atoms with E-state index in [4.69, 9.17) is 15.9 Å². The summed E-state index contributed by atoms with van der Waals surface area (Å²) in [6, 6.07) is -6.51. The quantitative estimate of drug-likeness (QED) is 0.0250. The van der Waals surface area contributed by atoms with E-state index in [1.807, 2.05) is 0 Å². The number of aliphatic carboxylic acids is 3. The van der Waals surface area contributed by atoms with Crippen molar-refractivity contribution in [3.05, 3.63) is 52.1 Å². The van der Waals surface area contributed by atoms with Gasteiger partial charge >= 0.3 is 17.9 Å². The molecule has 0 spiro atoms. The Morgan fingerprint density at radius 2 is 0.775 bits per heavy atom. The number of nitrogens with zero attached hydrogens (tertiary/aromatic N) is 3. The largest absolute Gasteiger partial charge is 0.481 e. The first-order valence-corrected chi connectivity index (χ1v) is 34.1. The predicted molar refractivity (Wildman–Crippen MR) is 372 cm³/mol. The molecular formula is C63H96N16O32. The molecule has 0 aliphatic heterocycles. The monoisotopic (exact) mass is 1590 g/mol. The average Bonchev–Trinajstić information content (AvgIpc) is 0.813. The van der Waals surface area contributed by atoms with Crippen molar-refractivity contribution in [3.63, 3.8) is 0 Å². The Balaban J connectivity index is 1.99. The lowest BCUT2D eigenvalue weighted by Gasteiger charge is -2.27. The predicted octanol–water partition coefficient (Wildman–Crippen LogP) is -14.2. The number of carboxylic acid groups (broad SMARTS) is 3. The van der Waals surface area contributed by atoms with Gasteiger partial charge in [-0.25, -0.2) is 14.8 Å². The summed E-state index contributed by atoms with van der Waals surface area (Å²) in [5.41, 5.74) is 5.42. The van der Waals surface area contributed by atoms with Crippen LogP contribution in [-0.4, -0.2) is 345 Å². The summed E-state index contributed by atoms with van der Waals surface area (Å²) in [6.45, 7) is -5.73. The fourth-order valence-electron chi connectivity index (χ4n) is 9.97. The molecule has 48 heteroatoms. The minimum absolute atomic E-state index is 0.00926. The minimum Gasteiger partial charge on any atom is -0.481 e. The summed E-state index contributed by atoms with van der Waals surface area (Å²) in [5.74, 6) is -17.2. The van der Waals surface area contributed by atoms with Gasteiger partial charge in [0.2, 0.25) is 59.1 Å². The lowest BCUT2D eigenvalue weighted by atomic mass is 10.0. The Bertz CT molecular complexity index is 3680. The fourth-order valence-corrected chi connectivity index (χ4v) is 9.97. The van der Waals surface area contributed by atoms with Gasteiger partial charge in [0.1, 0.15) is 91.2 Å². The number of carboxylic acids is 3. The molecular weight excluding hydrogens is 1490 g/mol. The van der Waals surface area contributed by atoms with E-state index in [1.165, 1.54) is 30.5 Å². The van der Waals surface area contributed by atoms with E-state index in [2.05, 4.69) is 78.4 Å². The molecule has 620 valence electrons. The van der Waals surface area contributed by atoms with Gasteiger partial charge in [0.15, 0.2) is 11.2 Å². The summed E-state index contributed by atoms with van der Waals surface area (Å²) < 4.78 is 0. The van der Waals surface area contributed by atoms with E-state index in [-0.39, 0.29) is 29.2 Å². The van der Waals surface area contributed by atoms with Crippen molar-refractivity contribution in [2.45, 2.75) is 193 Å². The van der Waals surface area contributed by atoms with E-state index in [1.54, 1.807) is 0 Å². The average molecular weight is 1590 g/mol. The second-order valence-electron chi connectivity index (χ2n) is 25.1. The number of hydrogen-bond donors (Lipinski definition) is 31. The first-order chi connectivity index (χ1) is 52.2. The van der Waals surface area contributed by atoms with Gasteiger partial charge in [-0.3, -0.25) is 67.3 Å². The van der Waals surface area contributed by atoms with Gasteiger partial charge in [0.05, 0.1) is 56.6 Å². The number of carbonyl (C=O) groups is 13. The summed E-state index contributed by atoms with van der Waals surface area (Å²) >= 11 is 0. The van der Waals surface area contributed by atoms with Crippen molar-refractivity contribution in [2.24, 2.45) is 0 Å². The van der Waals surface area contributed by atoms with Crippen LogP contribution in [0.1, 0.15) is 93.1 Å². The molecule has 0 aliphatic carbocycles. The van der Waals surface area contributed by atoms with Crippen molar-refractivity contribution in [3.8, 4) is 0 Å². The minimum atomic E-state index is -2.21. The Kier molecular flexibility index (Phi) is 40.6. The Hall–Kier alpha value is -10.5. The van der Waals surface area contributed by atoms with Crippen LogP contribution >= 0.6 is 0 Å². The zero-order valence-electron chi connectivity index (χ0n) is 59.4. The lowest BCUT2D eigenvalue weighted by molar-refractivity contribution is -0.140. The van der Waals surface area contributed by atoms with Crippen LogP contribution in [0, 0.1) is 0 Å². The molecule has 2 heterocycles. The second-order valence-corrected chi connectivity index (χ2v) is 25.1. The molecule has 0 bridgehead atoms.